The number of nitrogens with two attached hydrogens (primary N) is 1. The van der Waals surface area contributed by atoms with Crippen LogP contribution in [0.25, 0.3) is 0 Å². The monoisotopic (exact) mass is 235 g/mol. The molecule has 0 aliphatic carbocycles. The van der Waals surface area contributed by atoms with E-state index >= 15 is 0 Å². The molecule has 2 amide bonds. The molecule has 15 heavy (non-hydrogen) atoms. The van der Waals surface area contributed by atoms with E-state index in [0.717, 1.165) is 0 Å². The van der Waals surface area contributed by atoms with E-state index in [9.17, 15) is 14.4 Å². The van der Waals surface area contributed by atoms with Gasteiger partial charge < -0.3 is 21.5 Å². The van der Waals surface area contributed by atoms with Gasteiger partial charge in [0.15, 0.2) is 0 Å². The van der Waals surface area contributed by atoms with Gasteiger partial charge in [-0.1, -0.05) is 0 Å². The highest BCUT2D eigenvalue weighted by Gasteiger charge is 2.18. The molecule has 0 bridgehead atoms. The van der Waals surface area contributed by atoms with Gasteiger partial charge in [0.05, 0.1) is 6.54 Å². The van der Waals surface area contributed by atoms with Crippen molar-refractivity contribution in [2.45, 2.75) is 6.04 Å². The molecule has 0 spiro atoms. The van der Waals surface area contributed by atoms with Crippen LogP contribution in [-0.2, 0) is 14.4 Å². The van der Waals surface area contributed by atoms with Gasteiger partial charge in [-0.3, -0.25) is 14.4 Å². The fourth-order valence-electron chi connectivity index (χ4n) is 0.733. The Kier molecular flexibility index (Phi) is 6.47. The van der Waals surface area contributed by atoms with Crippen LogP contribution in [0, 0.1) is 0 Å². The molecule has 8 heteroatoms. The molecule has 0 radical (unpaired) electrons. The summed E-state index contributed by atoms with van der Waals surface area (Å²) in [5, 5.41) is 12.7. The molecule has 0 saturated heterocycles. The van der Waals surface area contributed by atoms with E-state index in [1.165, 1.54) is 0 Å². The average molecular weight is 235 g/mol. The van der Waals surface area contributed by atoms with Crippen LogP contribution in [0.4, 0.5) is 0 Å². The molecule has 1 atom stereocenters. The largest absolute Gasteiger partial charge is 0.480 e. The summed E-state index contributed by atoms with van der Waals surface area (Å²) in [6.07, 6.45) is 0. The third-order valence-electron chi connectivity index (χ3n) is 1.43. The number of hydrogen-bond donors (Lipinski definition) is 5. The maximum Gasteiger partial charge on any atom is 0.322 e. The molecule has 0 rings (SSSR count). The van der Waals surface area contributed by atoms with E-state index in [2.05, 4.69) is 23.3 Å². The number of amides is 2. The first-order chi connectivity index (χ1) is 7.01. The van der Waals surface area contributed by atoms with Gasteiger partial charge in [0.2, 0.25) is 11.8 Å². The predicted octanol–water partition coefficient (Wildman–Crippen LogP) is -2.44. The van der Waals surface area contributed by atoms with E-state index in [4.69, 9.17) is 10.8 Å². The van der Waals surface area contributed by atoms with Crippen molar-refractivity contribution in [1.29, 1.82) is 0 Å². The topological polar surface area (TPSA) is 122 Å². The summed E-state index contributed by atoms with van der Waals surface area (Å²) in [6, 6.07) is -0.872. The molecule has 0 fully saturated rings. The van der Waals surface area contributed by atoms with Crippen LogP contribution in [0.5, 0.6) is 0 Å². The zero-order valence-corrected chi connectivity index (χ0v) is 8.79. The molecule has 86 valence electrons. The van der Waals surface area contributed by atoms with Crippen LogP contribution >= 0.6 is 12.6 Å². The third kappa shape index (κ3) is 5.92. The molecule has 0 aromatic rings. The lowest BCUT2D eigenvalue weighted by Crippen LogP contribution is -2.50. The van der Waals surface area contributed by atoms with E-state index in [-0.39, 0.29) is 12.3 Å². The Morgan fingerprint density at radius 2 is 2.00 bits per heavy atom. The number of nitrogens with one attached hydrogen (secondary N) is 2. The van der Waals surface area contributed by atoms with Crippen LogP contribution in [-0.4, -0.2) is 47.8 Å². The maximum absolute atomic E-state index is 11.3. The average Bonchev–Trinajstić information content (AvgIpc) is 2.21. The number of carboxylic acids is 1. The quantitative estimate of drug-likeness (QED) is 0.327. The summed E-state index contributed by atoms with van der Waals surface area (Å²) in [7, 11) is 0. The fourth-order valence-corrected chi connectivity index (χ4v) is 0.990. The summed E-state index contributed by atoms with van der Waals surface area (Å²) in [4.78, 5) is 32.3. The van der Waals surface area contributed by atoms with Crippen molar-refractivity contribution in [1.82, 2.24) is 10.6 Å². The minimum Gasteiger partial charge on any atom is -0.480 e. The number of carbonyl (C=O) groups excluding carboxylic acids is 2. The normalized spacial score (nSPS) is 11.6. The van der Waals surface area contributed by atoms with Crippen molar-refractivity contribution in [3.8, 4) is 0 Å². The number of hydrogen-bond acceptors (Lipinski definition) is 5. The van der Waals surface area contributed by atoms with Gasteiger partial charge in [0.1, 0.15) is 12.6 Å². The Labute approximate surface area is 91.8 Å². The zero-order valence-electron chi connectivity index (χ0n) is 7.90. The first-order valence-electron chi connectivity index (χ1n) is 4.11. The Morgan fingerprint density at radius 1 is 1.40 bits per heavy atom. The molecule has 0 aromatic carbocycles. The summed E-state index contributed by atoms with van der Waals surface area (Å²) in [6.45, 7) is -0.738. The third-order valence-corrected chi connectivity index (χ3v) is 1.80. The second-order valence-corrected chi connectivity index (χ2v) is 2.98. The Hall–Kier alpha value is -1.28. The SMILES string of the molecule is NCC(=O)N[C@@H](CS)C(=O)NCC(=O)O. The molecule has 0 unspecified atom stereocenters. The lowest BCUT2D eigenvalue weighted by molar-refractivity contribution is -0.138. The van der Waals surface area contributed by atoms with Crippen LogP contribution < -0.4 is 16.4 Å². The highest BCUT2D eigenvalue weighted by molar-refractivity contribution is 7.80. The van der Waals surface area contributed by atoms with Crippen LogP contribution in [0.3, 0.4) is 0 Å². The van der Waals surface area contributed by atoms with Gasteiger partial charge in [-0.25, -0.2) is 0 Å². The van der Waals surface area contributed by atoms with Crippen molar-refractivity contribution < 1.29 is 19.5 Å². The van der Waals surface area contributed by atoms with E-state index < -0.39 is 30.4 Å². The molecule has 0 aromatic heterocycles. The van der Waals surface area contributed by atoms with Gasteiger partial charge >= 0.3 is 5.97 Å². The zero-order chi connectivity index (χ0) is 11.8. The van der Waals surface area contributed by atoms with Crippen LogP contribution in [0.2, 0.25) is 0 Å². The number of aliphatic carboxylic acids is 1. The molecule has 0 aliphatic heterocycles. The molecule has 5 N–H and O–H groups in total. The van der Waals surface area contributed by atoms with Gasteiger partial charge in [-0.15, -0.1) is 0 Å². The second kappa shape index (κ2) is 7.07. The number of rotatable bonds is 6. The first-order valence-corrected chi connectivity index (χ1v) is 4.74. The number of thiol groups is 1. The summed E-state index contributed by atoms with van der Waals surface area (Å²) in [5.74, 6) is -2.20. The first kappa shape index (κ1) is 13.7. The summed E-state index contributed by atoms with van der Waals surface area (Å²) >= 11 is 3.85. The summed E-state index contributed by atoms with van der Waals surface area (Å²) < 4.78 is 0. The standard InChI is InChI=1S/C7H13N3O4S/c8-1-5(11)10-4(3-15)7(14)9-2-6(12)13/h4,15H,1-3,8H2,(H,9,14)(H,10,11)(H,12,13)/t4-/m0/s1. The fraction of sp³-hybridized carbons (Fsp3) is 0.571. The number of carboxylic acid groups (broad SMARTS) is 1. The van der Waals surface area contributed by atoms with Gasteiger partial charge in [0.25, 0.3) is 0 Å². The van der Waals surface area contributed by atoms with Crippen molar-refractivity contribution in [3.63, 3.8) is 0 Å². The number of carbonyl (C=O) groups is 3. The van der Waals surface area contributed by atoms with E-state index in [0.29, 0.717) is 0 Å². The smallest absolute Gasteiger partial charge is 0.322 e. The Bertz CT molecular complexity index is 259. The van der Waals surface area contributed by atoms with Crippen molar-refractivity contribution >= 4 is 30.4 Å². The van der Waals surface area contributed by atoms with Crippen LogP contribution in [0.15, 0.2) is 0 Å². The minimum absolute atomic E-state index is 0.0667. The van der Waals surface area contributed by atoms with Gasteiger partial charge in [0, 0.05) is 5.75 Å². The Balaban J connectivity index is 4.10. The summed E-state index contributed by atoms with van der Waals surface area (Å²) in [5.41, 5.74) is 5.03. The van der Waals surface area contributed by atoms with Crippen molar-refractivity contribution in [3.05, 3.63) is 0 Å². The van der Waals surface area contributed by atoms with Crippen molar-refractivity contribution in [2.24, 2.45) is 5.73 Å². The van der Waals surface area contributed by atoms with Gasteiger partial charge in [-0.05, 0) is 0 Å². The van der Waals surface area contributed by atoms with Crippen LogP contribution in [0.1, 0.15) is 0 Å². The molecular formula is C7H13N3O4S. The molecular weight excluding hydrogens is 222 g/mol. The molecule has 0 heterocycles. The Morgan fingerprint density at radius 3 is 2.40 bits per heavy atom. The molecule has 0 aliphatic rings. The van der Waals surface area contributed by atoms with Crippen molar-refractivity contribution in [2.75, 3.05) is 18.8 Å². The predicted molar refractivity (Wildman–Crippen MR) is 55.5 cm³/mol. The lowest BCUT2D eigenvalue weighted by Gasteiger charge is -2.14. The molecule has 7 nitrogen and oxygen atoms in total. The highest BCUT2D eigenvalue weighted by atomic mass is 32.1. The van der Waals surface area contributed by atoms with E-state index in [1.54, 1.807) is 0 Å². The molecule has 0 saturated carbocycles. The lowest BCUT2D eigenvalue weighted by atomic mass is 10.3. The van der Waals surface area contributed by atoms with E-state index in [1.807, 2.05) is 0 Å². The minimum atomic E-state index is -1.16. The van der Waals surface area contributed by atoms with Gasteiger partial charge in [-0.2, -0.15) is 12.6 Å². The second-order valence-electron chi connectivity index (χ2n) is 2.62. The highest BCUT2D eigenvalue weighted by Crippen LogP contribution is 1.88. The maximum atomic E-state index is 11.3.